The Morgan fingerprint density at radius 1 is 1.17 bits per heavy atom. The predicted molar refractivity (Wildman–Crippen MR) is 83.7 cm³/mol. The Labute approximate surface area is 135 Å². The van der Waals surface area contributed by atoms with Crippen molar-refractivity contribution in [2.45, 2.75) is 38.1 Å². The van der Waals surface area contributed by atoms with E-state index in [1.807, 2.05) is 37.3 Å². The molecule has 0 atom stereocenters. The van der Waals surface area contributed by atoms with Crippen LogP contribution in [0.4, 0.5) is 0 Å². The fourth-order valence-corrected chi connectivity index (χ4v) is 2.95. The van der Waals surface area contributed by atoms with Gasteiger partial charge in [0.05, 0.1) is 12.0 Å². The maximum Gasteiger partial charge on any atom is 0.235 e. The maximum absolute atomic E-state index is 12.9. The Hall–Kier alpha value is -2.21. The highest BCUT2D eigenvalue weighted by Gasteiger charge is 2.41. The van der Waals surface area contributed by atoms with E-state index >= 15 is 0 Å². The van der Waals surface area contributed by atoms with Crippen LogP contribution in [-0.4, -0.2) is 29.3 Å². The van der Waals surface area contributed by atoms with E-state index in [1.54, 1.807) is 0 Å². The first-order chi connectivity index (χ1) is 11.2. The lowest BCUT2D eigenvalue weighted by atomic mass is 9.73. The third kappa shape index (κ3) is 3.27. The number of nitrogens with one attached hydrogen (secondary N) is 1. The number of carbonyl (C=O) groups is 1. The molecule has 1 fully saturated rings. The molecule has 0 bridgehead atoms. The van der Waals surface area contributed by atoms with Crippen LogP contribution in [0, 0.1) is 0 Å². The molecule has 0 spiro atoms. The van der Waals surface area contributed by atoms with Gasteiger partial charge >= 0.3 is 0 Å². The topological polar surface area (TPSA) is 77.2 Å². The molecule has 1 aromatic heterocycles. The molecule has 1 aromatic carbocycles. The number of benzene rings is 1. The molecule has 0 unspecified atom stereocenters. The molecule has 122 valence electrons. The molecule has 1 aliphatic rings. The second kappa shape index (κ2) is 6.91. The highest BCUT2D eigenvalue weighted by atomic mass is 16.5. The summed E-state index contributed by atoms with van der Waals surface area (Å²) >= 11 is 0. The molecule has 0 saturated carbocycles. The molecule has 2 aromatic rings. The van der Waals surface area contributed by atoms with Crippen LogP contribution in [0.2, 0.25) is 0 Å². The second-order valence-corrected chi connectivity index (χ2v) is 5.69. The van der Waals surface area contributed by atoms with Gasteiger partial charge in [-0.1, -0.05) is 37.3 Å². The smallest absolute Gasteiger partial charge is 0.235 e. The Bertz CT molecular complexity index is 648. The zero-order valence-electron chi connectivity index (χ0n) is 13.2. The van der Waals surface area contributed by atoms with E-state index in [9.17, 15) is 4.79 Å². The van der Waals surface area contributed by atoms with E-state index in [0.717, 1.165) is 5.56 Å². The van der Waals surface area contributed by atoms with Crippen molar-refractivity contribution in [2.24, 2.45) is 0 Å². The maximum atomic E-state index is 12.9. The van der Waals surface area contributed by atoms with Gasteiger partial charge < -0.3 is 14.5 Å². The molecule has 0 aliphatic carbocycles. The van der Waals surface area contributed by atoms with E-state index in [0.29, 0.717) is 44.3 Å². The average Bonchev–Trinajstić information content (AvgIpc) is 3.09. The number of ether oxygens (including phenoxy) is 1. The fourth-order valence-electron chi connectivity index (χ4n) is 2.95. The number of nitrogens with zero attached hydrogens (tertiary/aromatic N) is 2. The second-order valence-electron chi connectivity index (χ2n) is 5.69. The largest absolute Gasteiger partial charge is 0.423 e. The van der Waals surface area contributed by atoms with Crippen molar-refractivity contribution in [3.63, 3.8) is 0 Å². The van der Waals surface area contributed by atoms with Gasteiger partial charge in [-0.25, -0.2) is 0 Å². The highest BCUT2D eigenvalue weighted by Crippen LogP contribution is 2.35. The van der Waals surface area contributed by atoms with Gasteiger partial charge in [0.15, 0.2) is 0 Å². The summed E-state index contributed by atoms with van der Waals surface area (Å²) in [4.78, 5) is 12.9. The zero-order valence-corrected chi connectivity index (χ0v) is 13.2. The summed E-state index contributed by atoms with van der Waals surface area (Å²) in [5.74, 6) is 1.01. The monoisotopic (exact) mass is 315 g/mol. The van der Waals surface area contributed by atoms with Crippen molar-refractivity contribution >= 4 is 5.91 Å². The van der Waals surface area contributed by atoms with Crippen LogP contribution in [0.1, 0.15) is 37.1 Å². The van der Waals surface area contributed by atoms with E-state index < -0.39 is 5.41 Å². The summed E-state index contributed by atoms with van der Waals surface area (Å²) in [6.45, 7) is 3.37. The molecule has 3 rings (SSSR count). The van der Waals surface area contributed by atoms with Gasteiger partial charge in [0.1, 0.15) is 0 Å². The van der Waals surface area contributed by atoms with E-state index in [-0.39, 0.29) is 12.5 Å². The fraction of sp³-hybridized carbons (Fsp3) is 0.471. The molecule has 2 heterocycles. The lowest BCUT2D eigenvalue weighted by Gasteiger charge is -2.36. The Kier molecular flexibility index (Phi) is 4.71. The zero-order chi connectivity index (χ0) is 16.1. The molecule has 1 amide bonds. The molecule has 1 saturated heterocycles. The minimum absolute atomic E-state index is 0.0109. The summed E-state index contributed by atoms with van der Waals surface area (Å²) in [7, 11) is 0. The summed E-state index contributed by atoms with van der Waals surface area (Å²) in [5.41, 5.74) is 0.480. The first kappa shape index (κ1) is 15.7. The van der Waals surface area contributed by atoms with Gasteiger partial charge in [-0.2, -0.15) is 0 Å². The molecule has 23 heavy (non-hydrogen) atoms. The molecular weight excluding hydrogens is 294 g/mol. The van der Waals surface area contributed by atoms with Crippen LogP contribution in [0.5, 0.6) is 0 Å². The number of hydrogen-bond acceptors (Lipinski definition) is 5. The third-order valence-electron chi connectivity index (χ3n) is 4.32. The van der Waals surface area contributed by atoms with Crippen LogP contribution in [0.15, 0.2) is 34.7 Å². The number of aromatic nitrogens is 2. The summed E-state index contributed by atoms with van der Waals surface area (Å²) < 4.78 is 10.9. The van der Waals surface area contributed by atoms with Gasteiger partial charge in [-0.05, 0) is 18.4 Å². The van der Waals surface area contributed by atoms with E-state index in [2.05, 4.69) is 15.5 Å². The van der Waals surface area contributed by atoms with Crippen molar-refractivity contribution in [1.82, 2.24) is 15.5 Å². The van der Waals surface area contributed by atoms with Gasteiger partial charge in [0, 0.05) is 19.6 Å². The summed E-state index contributed by atoms with van der Waals surface area (Å²) in [5, 5.41) is 10.8. The van der Waals surface area contributed by atoms with Crippen molar-refractivity contribution in [3.8, 4) is 0 Å². The summed E-state index contributed by atoms with van der Waals surface area (Å²) in [6.07, 6.45) is 2.03. The minimum Gasteiger partial charge on any atom is -0.423 e. The lowest BCUT2D eigenvalue weighted by molar-refractivity contribution is -0.130. The molecule has 1 N–H and O–H groups in total. The molecule has 6 heteroatoms. The summed E-state index contributed by atoms with van der Waals surface area (Å²) in [6, 6.07) is 9.90. The molecular formula is C17H21N3O3. The number of rotatable bonds is 5. The first-order valence-electron chi connectivity index (χ1n) is 7.97. The normalized spacial score (nSPS) is 16.9. The van der Waals surface area contributed by atoms with E-state index in [4.69, 9.17) is 9.15 Å². The van der Waals surface area contributed by atoms with Gasteiger partial charge in [-0.15, -0.1) is 10.2 Å². The number of amides is 1. The van der Waals surface area contributed by atoms with E-state index in [1.165, 1.54) is 0 Å². The Balaban J connectivity index is 1.75. The molecule has 1 aliphatic heterocycles. The lowest BCUT2D eigenvalue weighted by Crippen LogP contribution is -2.47. The van der Waals surface area contributed by atoms with Crippen molar-refractivity contribution in [1.29, 1.82) is 0 Å². The highest BCUT2D eigenvalue weighted by molar-refractivity contribution is 5.88. The van der Waals surface area contributed by atoms with Crippen LogP contribution >= 0.6 is 0 Å². The quantitative estimate of drug-likeness (QED) is 0.913. The van der Waals surface area contributed by atoms with Crippen LogP contribution in [0.25, 0.3) is 0 Å². The minimum atomic E-state index is -0.548. The molecule has 0 radical (unpaired) electrons. The van der Waals surface area contributed by atoms with Gasteiger partial charge in [0.25, 0.3) is 0 Å². The van der Waals surface area contributed by atoms with Gasteiger partial charge in [-0.3, -0.25) is 4.79 Å². The van der Waals surface area contributed by atoms with Crippen LogP contribution < -0.4 is 5.32 Å². The Morgan fingerprint density at radius 3 is 2.52 bits per heavy atom. The van der Waals surface area contributed by atoms with Crippen LogP contribution in [-0.2, 0) is 27.9 Å². The predicted octanol–water partition coefficient (Wildman–Crippen LogP) is 2.00. The number of aryl methyl sites for hydroxylation is 1. The number of hydrogen-bond donors (Lipinski definition) is 1. The first-order valence-corrected chi connectivity index (χ1v) is 7.97. The van der Waals surface area contributed by atoms with Crippen molar-refractivity contribution in [2.75, 3.05) is 13.2 Å². The average molecular weight is 315 g/mol. The third-order valence-corrected chi connectivity index (χ3v) is 4.32. The molecule has 6 nitrogen and oxygen atoms in total. The van der Waals surface area contributed by atoms with Crippen LogP contribution in [0.3, 0.4) is 0 Å². The number of carbonyl (C=O) groups excluding carboxylic acids is 1. The standard InChI is InChI=1S/C17H21N3O3/c1-2-14-19-20-15(23-14)12-18-16(21)17(8-10-22-11-9-17)13-6-4-3-5-7-13/h3-7H,2,8-12H2,1H3,(H,18,21). The van der Waals surface area contributed by atoms with Crippen molar-refractivity contribution in [3.05, 3.63) is 47.7 Å². The Morgan fingerprint density at radius 2 is 1.87 bits per heavy atom. The SMILES string of the molecule is CCc1nnc(CNC(=O)C2(c3ccccc3)CCOCC2)o1. The van der Waals surface area contributed by atoms with Gasteiger partial charge in [0.2, 0.25) is 17.7 Å². The van der Waals surface area contributed by atoms with Crippen molar-refractivity contribution < 1.29 is 13.9 Å².